The van der Waals surface area contributed by atoms with Crippen LogP contribution in [0.4, 0.5) is 13.2 Å². The molecule has 6 heteroatoms. The van der Waals surface area contributed by atoms with Crippen LogP contribution in [-0.4, -0.2) is 12.1 Å². The zero-order valence-electron chi connectivity index (χ0n) is 11.9. The highest BCUT2D eigenvalue weighted by Crippen LogP contribution is 2.33. The molecule has 0 fully saturated rings. The first-order chi connectivity index (χ1) is 10.9. The second-order valence-corrected chi connectivity index (χ2v) is 5.32. The number of alkyl halides is 3. The molecule has 1 N–H and O–H groups in total. The second kappa shape index (κ2) is 5.62. The number of carbonyl (C=O) groups is 2. The number of ketones is 1. The van der Waals surface area contributed by atoms with E-state index >= 15 is 0 Å². The maximum atomic E-state index is 12.6. The van der Waals surface area contributed by atoms with Gasteiger partial charge in [-0.1, -0.05) is 24.3 Å². The number of Topliss-reactive ketones (excluding diaryl/α,β-unsaturated/α-hetero) is 1. The summed E-state index contributed by atoms with van der Waals surface area (Å²) in [6.45, 7) is 0.479. The van der Waals surface area contributed by atoms with E-state index in [0.717, 1.165) is 17.7 Å². The van der Waals surface area contributed by atoms with E-state index in [1.807, 2.05) is 6.07 Å². The normalized spacial score (nSPS) is 16.9. The van der Waals surface area contributed by atoms with Crippen LogP contribution in [0.1, 0.15) is 22.7 Å². The summed E-state index contributed by atoms with van der Waals surface area (Å²) in [5.74, 6) is -0.562. The van der Waals surface area contributed by atoms with Crippen molar-refractivity contribution in [3.63, 3.8) is 0 Å². The Morgan fingerprint density at radius 3 is 2.35 bits per heavy atom. The van der Waals surface area contributed by atoms with Gasteiger partial charge in [-0.25, -0.2) is 0 Å². The lowest BCUT2D eigenvalue weighted by atomic mass is 9.96. The van der Waals surface area contributed by atoms with Crippen molar-refractivity contribution >= 4 is 12.1 Å². The molecule has 0 amide bonds. The number of nitrogens with one attached hydrogen (secondary N) is 1. The number of hydrogen-bond acceptors (Lipinski definition) is 3. The molecular formula is C17H12F3NO2. The lowest BCUT2D eigenvalue weighted by Gasteiger charge is -2.10. The molecule has 0 aliphatic carbocycles. The van der Waals surface area contributed by atoms with Crippen LogP contribution in [0.3, 0.4) is 0 Å². The van der Waals surface area contributed by atoms with Crippen LogP contribution in [0.5, 0.6) is 0 Å². The third-order valence-electron chi connectivity index (χ3n) is 3.90. The molecule has 3 nitrogen and oxygen atoms in total. The standard InChI is InChI=1S/C17H12F3NO2/c18-17(19,20)13-5-3-10(4-6-13)11-1-2-12-8-21-16(14(12)7-11)15(23)9-22/h1-7,9,16,21H,8H2. The average molecular weight is 319 g/mol. The van der Waals surface area contributed by atoms with Crippen LogP contribution >= 0.6 is 0 Å². The van der Waals surface area contributed by atoms with Gasteiger partial charge in [0, 0.05) is 6.54 Å². The topological polar surface area (TPSA) is 46.2 Å². The molecular weight excluding hydrogens is 307 g/mol. The molecule has 0 saturated carbocycles. The number of fused-ring (bicyclic) bond motifs is 1. The van der Waals surface area contributed by atoms with Gasteiger partial charge < -0.3 is 0 Å². The predicted molar refractivity (Wildman–Crippen MR) is 77.5 cm³/mol. The summed E-state index contributed by atoms with van der Waals surface area (Å²) in [5, 5.41) is 2.95. The van der Waals surface area contributed by atoms with Gasteiger partial charge in [-0.15, -0.1) is 0 Å². The fourth-order valence-electron chi connectivity index (χ4n) is 2.70. The fourth-order valence-corrected chi connectivity index (χ4v) is 2.70. The predicted octanol–water partition coefficient (Wildman–Crippen LogP) is 3.28. The summed E-state index contributed by atoms with van der Waals surface area (Å²) in [5.41, 5.74) is 2.20. The molecule has 0 bridgehead atoms. The molecule has 0 spiro atoms. The first kappa shape index (κ1) is 15.4. The molecule has 0 aromatic heterocycles. The lowest BCUT2D eigenvalue weighted by Crippen LogP contribution is -2.22. The molecule has 1 unspecified atom stereocenters. The Bertz CT molecular complexity index is 766. The monoisotopic (exact) mass is 319 g/mol. The van der Waals surface area contributed by atoms with E-state index in [4.69, 9.17) is 0 Å². The Kier molecular flexibility index (Phi) is 3.77. The highest BCUT2D eigenvalue weighted by molar-refractivity contribution is 6.27. The van der Waals surface area contributed by atoms with Crippen LogP contribution in [0.25, 0.3) is 11.1 Å². The summed E-state index contributed by atoms with van der Waals surface area (Å²) < 4.78 is 37.8. The third kappa shape index (κ3) is 2.90. The smallest absolute Gasteiger partial charge is 0.299 e. The third-order valence-corrected chi connectivity index (χ3v) is 3.90. The van der Waals surface area contributed by atoms with Crippen molar-refractivity contribution in [3.05, 3.63) is 59.2 Å². The fraction of sp³-hybridized carbons (Fsp3) is 0.176. The number of hydrogen-bond donors (Lipinski definition) is 1. The van der Waals surface area contributed by atoms with Crippen molar-refractivity contribution in [2.45, 2.75) is 18.8 Å². The van der Waals surface area contributed by atoms with E-state index in [1.54, 1.807) is 12.1 Å². The van der Waals surface area contributed by atoms with Crippen LogP contribution in [0, 0.1) is 0 Å². The van der Waals surface area contributed by atoms with E-state index in [2.05, 4.69) is 5.32 Å². The van der Waals surface area contributed by atoms with Gasteiger partial charge in [0.15, 0.2) is 6.29 Å². The van der Waals surface area contributed by atoms with Gasteiger partial charge in [0.2, 0.25) is 5.78 Å². The lowest BCUT2D eigenvalue weighted by molar-refractivity contribution is -0.137. The minimum atomic E-state index is -4.37. The molecule has 2 aromatic rings. The minimum Gasteiger partial charge on any atom is -0.299 e. The number of benzene rings is 2. The largest absolute Gasteiger partial charge is 0.416 e. The first-order valence-electron chi connectivity index (χ1n) is 6.93. The number of rotatable bonds is 3. The molecule has 1 aliphatic rings. The van der Waals surface area contributed by atoms with E-state index in [-0.39, 0.29) is 6.29 Å². The zero-order chi connectivity index (χ0) is 16.6. The maximum absolute atomic E-state index is 12.6. The molecule has 1 atom stereocenters. The molecule has 0 saturated heterocycles. The van der Waals surface area contributed by atoms with Crippen molar-refractivity contribution in [2.24, 2.45) is 0 Å². The van der Waals surface area contributed by atoms with Gasteiger partial charge >= 0.3 is 6.18 Å². The second-order valence-electron chi connectivity index (χ2n) is 5.32. The summed E-state index contributed by atoms with van der Waals surface area (Å²) >= 11 is 0. The number of carbonyl (C=O) groups excluding carboxylic acids is 2. The molecule has 0 radical (unpaired) electrons. The zero-order valence-corrected chi connectivity index (χ0v) is 11.9. The quantitative estimate of drug-likeness (QED) is 0.697. The highest BCUT2D eigenvalue weighted by Gasteiger charge is 2.30. The molecule has 3 rings (SSSR count). The van der Waals surface area contributed by atoms with E-state index in [1.165, 1.54) is 12.1 Å². The van der Waals surface area contributed by atoms with Crippen molar-refractivity contribution in [2.75, 3.05) is 0 Å². The van der Waals surface area contributed by atoms with Gasteiger partial charge in [0.1, 0.15) is 0 Å². The molecule has 118 valence electrons. The van der Waals surface area contributed by atoms with Crippen molar-refractivity contribution < 1.29 is 22.8 Å². The molecule has 1 aliphatic heterocycles. The van der Waals surface area contributed by atoms with E-state index in [0.29, 0.717) is 23.2 Å². The highest BCUT2D eigenvalue weighted by atomic mass is 19.4. The van der Waals surface area contributed by atoms with Gasteiger partial charge in [-0.05, 0) is 40.5 Å². The van der Waals surface area contributed by atoms with Gasteiger partial charge in [-0.2, -0.15) is 13.2 Å². The molecule has 23 heavy (non-hydrogen) atoms. The SMILES string of the molecule is O=CC(=O)C1NCc2ccc(-c3ccc(C(F)(F)F)cc3)cc21. The van der Waals surface area contributed by atoms with E-state index < -0.39 is 23.6 Å². The van der Waals surface area contributed by atoms with Gasteiger partial charge in [-0.3, -0.25) is 14.9 Å². The summed E-state index contributed by atoms with van der Waals surface area (Å²) in [6, 6.07) is 9.49. The Balaban J connectivity index is 1.96. The Morgan fingerprint density at radius 1 is 1.09 bits per heavy atom. The Morgan fingerprint density at radius 2 is 1.74 bits per heavy atom. The van der Waals surface area contributed by atoms with Crippen LogP contribution in [0.2, 0.25) is 0 Å². The van der Waals surface area contributed by atoms with Crippen LogP contribution in [0.15, 0.2) is 42.5 Å². The first-order valence-corrected chi connectivity index (χ1v) is 6.93. The van der Waals surface area contributed by atoms with Crippen LogP contribution in [-0.2, 0) is 22.3 Å². The van der Waals surface area contributed by atoms with Crippen molar-refractivity contribution in [3.8, 4) is 11.1 Å². The summed E-state index contributed by atoms with van der Waals surface area (Å²) in [4.78, 5) is 22.3. The number of halogens is 3. The van der Waals surface area contributed by atoms with Gasteiger partial charge in [0.05, 0.1) is 11.6 Å². The maximum Gasteiger partial charge on any atom is 0.416 e. The Labute approximate surface area is 130 Å². The van der Waals surface area contributed by atoms with E-state index in [9.17, 15) is 22.8 Å². The van der Waals surface area contributed by atoms with Gasteiger partial charge in [0.25, 0.3) is 0 Å². The average Bonchev–Trinajstić information content (AvgIpc) is 2.96. The molecule has 2 aromatic carbocycles. The van der Waals surface area contributed by atoms with Crippen LogP contribution < -0.4 is 5.32 Å². The summed E-state index contributed by atoms with van der Waals surface area (Å²) in [7, 11) is 0. The minimum absolute atomic E-state index is 0.275. The van der Waals surface area contributed by atoms with Crippen molar-refractivity contribution in [1.29, 1.82) is 0 Å². The number of aldehydes is 1. The summed E-state index contributed by atoms with van der Waals surface area (Å²) in [6.07, 6.45) is -4.10. The Hall–Kier alpha value is -2.47. The molecule has 1 heterocycles. The van der Waals surface area contributed by atoms with Crippen molar-refractivity contribution in [1.82, 2.24) is 5.32 Å².